The Kier molecular flexibility index (Phi) is 7.18. The Morgan fingerprint density at radius 2 is 1.54 bits per heavy atom. The number of carbonyl (C=O) groups excluding carboxylic acids is 3. The quantitative estimate of drug-likeness (QED) is 0.431. The highest BCUT2D eigenvalue weighted by Gasteiger charge is 2.31. The Morgan fingerprint density at radius 1 is 0.919 bits per heavy atom. The van der Waals surface area contributed by atoms with Gasteiger partial charge in [-0.25, -0.2) is 4.79 Å². The van der Waals surface area contributed by atoms with E-state index in [9.17, 15) is 24.3 Å². The van der Waals surface area contributed by atoms with E-state index in [-0.39, 0.29) is 40.2 Å². The van der Waals surface area contributed by atoms with Crippen molar-refractivity contribution in [2.75, 3.05) is 17.2 Å². The van der Waals surface area contributed by atoms with Crippen LogP contribution < -0.4 is 10.6 Å². The molecule has 2 heterocycles. The lowest BCUT2D eigenvalue weighted by molar-refractivity contribution is -0.114. The number of carbonyl (C=O) groups is 4. The lowest BCUT2D eigenvalue weighted by Gasteiger charge is -2.27. The fraction of sp³-hybridized carbons (Fsp3) is 0.286. The number of aromatic carboxylic acids is 1. The number of rotatable bonds is 5. The van der Waals surface area contributed by atoms with E-state index in [2.05, 4.69) is 31.4 Å². The Morgan fingerprint density at radius 3 is 2.11 bits per heavy atom. The Hall–Kier alpha value is -3.98. The molecule has 1 aliphatic heterocycles. The van der Waals surface area contributed by atoms with E-state index in [1.165, 1.54) is 18.3 Å². The molecule has 0 saturated heterocycles. The minimum atomic E-state index is -1.11. The van der Waals surface area contributed by atoms with Crippen LogP contribution in [0.15, 0.2) is 48.5 Å². The minimum Gasteiger partial charge on any atom is -0.478 e. The molecule has 0 saturated carbocycles. The molecular weight excluding hydrogens is 490 g/mol. The molecule has 0 radical (unpaired) electrons. The molecule has 0 unspecified atom stereocenters. The third-order valence-electron chi connectivity index (χ3n) is 6.25. The van der Waals surface area contributed by atoms with Crippen molar-refractivity contribution in [1.82, 2.24) is 4.90 Å². The van der Waals surface area contributed by atoms with Gasteiger partial charge in [-0.2, -0.15) is 0 Å². The Balaban J connectivity index is 1.52. The van der Waals surface area contributed by atoms with Crippen LogP contribution in [0.4, 0.5) is 10.7 Å². The maximum atomic E-state index is 13.1. The molecule has 37 heavy (non-hydrogen) atoms. The van der Waals surface area contributed by atoms with Crippen molar-refractivity contribution >= 4 is 45.7 Å². The SMILES string of the molecule is CC(=O)Nc1ccc(C(=O)N2CCc3c(sc(NC(=O)c4ccc(C(C)(C)C)cc4)c3C(=O)O)C2)cc1. The largest absolute Gasteiger partial charge is 0.478 e. The molecular formula is C28H29N3O5S. The van der Waals surface area contributed by atoms with Crippen LogP contribution in [0.3, 0.4) is 0 Å². The third-order valence-corrected chi connectivity index (χ3v) is 7.38. The summed E-state index contributed by atoms with van der Waals surface area (Å²) < 4.78 is 0. The molecule has 2 aromatic carbocycles. The van der Waals surface area contributed by atoms with Gasteiger partial charge in [0.25, 0.3) is 11.8 Å². The van der Waals surface area contributed by atoms with Gasteiger partial charge in [-0.1, -0.05) is 32.9 Å². The molecule has 0 aliphatic carbocycles. The maximum absolute atomic E-state index is 13.1. The average molecular weight is 520 g/mol. The molecule has 1 aromatic heterocycles. The van der Waals surface area contributed by atoms with Gasteiger partial charge in [-0.3, -0.25) is 14.4 Å². The van der Waals surface area contributed by atoms with Gasteiger partial charge in [-0.05, 0) is 59.4 Å². The molecule has 1 aliphatic rings. The number of amides is 3. The first-order valence-corrected chi connectivity index (χ1v) is 12.7. The predicted octanol–water partition coefficient (Wildman–Crippen LogP) is 5.15. The third kappa shape index (κ3) is 5.72. The molecule has 0 spiro atoms. The van der Waals surface area contributed by atoms with Crippen LogP contribution in [0, 0.1) is 0 Å². The minimum absolute atomic E-state index is 0.0465. The van der Waals surface area contributed by atoms with Gasteiger partial charge in [0.05, 0.1) is 12.1 Å². The topological polar surface area (TPSA) is 116 Å². The molecule has 0 bridgehead atoms. The first-order chi connectivity index (χ1) is 17.4. The number of carboxylic acids is 1. The average Bonchev–Trinajstić information content (AvgIpc) is 3.20. The smallest absolute Gasteiger partial charge is 0.339 e. The number of nitrogens with one attached hydrogen (secondary N) is 2. The van der Waals surface area contributed by atoms with Gasteiger partial charge in [0.1, 0.15) is 5.00 Å². The fourth-order valence-corrected chi connectivity index (χ4v) is 5.52. The molecule has 0 fully saturated rings. The van der Waals surface area contributed by atoms with E-state index in [1.807, 2.05) is 12.1 Å². The first-order valence-electron chi connectivity index (χ1n) is 11.9. The van der Waals surface area contributed by atoms with Gasteiger partial charge in [-0.15, -0.1) is 11.3 Å². The summed E-state index contributed by atoms with van der Waals surface area (Å²) in [6.45, 7) is 8.29. The van der Waals surface area contributed by atoms with Gasteiger partial charge in [0.15, 0.2) is 0 Å². The van der Waals surface area contributed by atoms with Crippen molar-refractivity contribution < 1.29 is 24.3 Å². The zero-order valence-corrected chi connectivity index (χ0v) is 22.0. The van der Waals surface area contributed by atoms with E-state index in [0.29, 0.717) is 35.3 Å². The van der Waals surface area contributed by atoms with Crippen LogP contribution in [-0.2, 0) is 23.2 Å². The highest BCUT2D eigenvalue weighted by molar-refractivity contribution is 7.17. The van der Waals surface area contributed by atoms with Crippen molar-refractivity contribution in [2.45, 2.75) is 46.1 Å². The van der Waals surface area contributed by atoms with Crippen LogP contribution in [-0.4, -0.2) is 40.2 Å². The summed E-state index contributed by atoms with van der Waals surface area (Å²) in [5.41, 5.74) is 3.30. The van der Waals surface area contributed by atoms with E-state index in [1.54, 1.807) is 41.3 Å². The monoisotopic (exact) mass is 519 g/mol. The summed E-state index contributed by atoms with van der Waals surface area (Å²) in [7, 11) is 0. The van der Waals surface area contributed by atoms with Gasteiger partial charge in [0.2, 0.25) is 5.91 Å². The second-order valence-electron chi connectivity index (χ2n) is 10.0. The number of hydrogen-bond acceptors (Lipinski definition) is 5. The van der Waals surface area contributed by atoms with Crippen LogP contribution in [0.1, 0.15) is 74.8 Å². The highest BCUT2D eigenvalue weighted by atomic mass is 32.1. The van der Waals surface area contributed by atoms with Crippen molar-refractivity contribution in [3.8, 4) is 0 Å². The summed E-state index contributed by atoms with van der Waals surface area (Å²) in [5, 5.41) is 15.6. The van der Waals surface area contributed by atoms with Crippen LogP contribution >= 0.6 is 11.3 Å². The van der Waals surface area contributed by atoms with Crippen molar-refractivity contribution in [3.63, 3.8) is 0 Å². The second kappa shape index (κ2) is 10.2. The highest BCUT2D eigenvalue weighted by Crippen LogP contribution is 2.38. The summed E-state index contributed by atoms with van der Waals surface area (Å²) in [4.78, 5) is 51.8. The number of carboxylic acid groups (broad SMARTS) is 1. The van der Waals surface area contributed by atoms with Gasteiger partial charge < -0.3 is 20.6 Å². The Labute approximate surface area is 219 Å². The summed E-state index contributed by atoms with van der Waals surface area (Å²) >= 11 is 1.19. The zero-order valence-electron chi connectivity index (χ0n) is 21.2. The lowest BCUT2D eigenvalue weighted by atomic mass is 9.87. The zero-order chi connectivity index (χ0) is 26.9. The fourth-order valence-electron chi connectivity index (χ4n) is 4.27. The summed E-state index contributed by atoms with van der Waals surface area (Å²) in [5.74, 6) is -1.87. The summed E-state index contributed by atoms with van der Waals surface area (Å²) in [6.07, 6.45) is 0.374. The molecule has 8 nitrogen and oxygen atoms in total. The van der Waals surface area contributed by atoms with Crippen LogP contribution in [0.25, 0.3) is 0 Å². The van der Waals surface area contributed by atoms with Crippen molar-refractivity contribution in [2.24, 2.45) is 0 Å². The van der Waals surface area contributed by atoms with E-state index in [0.717, 1.165) is 10.4 Å². The van der Waals surface area contributed by atoms with Gasteiger partial charge in [0, 0.05) is 35.2 Å². The first kappa shape index (κ1) is 26.1. The number of anilines is 2. The van der Waals surface area contributed by atoms with Crippen molar-refractivity contribution in [3.05, 3.63) is 81.2 Å². The van der Waals surface area contributed by atoms with E-state index >= 15 is 0 Å². The van der Waals surface area contributed by atoms with Crippen LogP contribution in [0.5, 0.6) is 0 Å². The predicted molar refractivity (Wildman–Crippen MR) is 144 cm³/mol. The molecule has 3 amide bonds. The standard InChI is InChI=1S/C28H29N3O5S/c1-16(32)29-20-11-7-18(8-12-20)26(34)31-14-13-21-22(15-31)37-25(23(21)27(35)36)30-24(33)17-5-9-19(10-6-17)28(2,3)4/h5-12H,13-15H2,1-4H3,(H,29,32)(H,30,33)(H,35,36). The number of thiophene rings is 1. The molecule has 9 heteroatoms. The number of hydrogen-bond donors (Lipinski definition) is 3. The maximum Gasteiger partial charge on any atom is 0.339 e. The number of benzene rings is 2. The molecule has 4 rings (SSSR count). The second-order valence-corrected chi connectivity index (χ2v) is 11.1. The number of nitrogens with zero attached hydrogens (tertiary/aromatic N) is 1. The normalized spacial score (nSPS) is 13.0. The van der Waals surface area contributed by atoms with E-state index in [4.69, 9.17) is 0 Å². The molecule has 0 atom stereocenters. The van der Waals surface area contributed by atoms with Crippen molar-refractivity contribution in [1.29, 1.82) is 0 Å². The van der Waals surface area contributed by atoms with Crippen LogP contribution in [0.2, 0.25) is 0 Å². The summed E-state index contributed by atoms with van der Waals surface area (Å²) in [6, 6.07) is 13.9. The molecule has 3 N–H and O–H groups in total. The lowest BCUT2D eigenvalue weighted by Crippen LogP contribution is -2.35. The Bertz CT molecular complexity index is 1370. The van der Waals surface area contributed by atoms with Gasteiger partial charge >= 0.3 is 5.97 Å². The van der Waals surface area contributed by atoms with E-state index < -0.39 is 5.97 Å². The molecule has 3 aromatic rings. The molecule has 192 valence electrons. The number of fused-ring (bicyclic) bond motifs is 1.